The molecule has 26 heavy (non-hydrogen) atoms. The van der Waals surface area contributed by atoms with E-state index in [1.807, 2.05) is 0 Å². The van der Waals surface area contributed by atoms with Gasteiger partial charge in [-0.05, 0) is 13.0 Å². The SMILES string of the molecule is C[C@H]1COc2c(N(CCN)N=O)c(F)cc3c(=O)c(C(=O)O)cn1c23.Cl. The molecule has 0 spiro atoms. The van der Waals surface area contributed by atoms with Crippen LogP contribution >= 0.6 is 12.4 Å². The Kier molecular flexibility index (Phi) is 5.47. The third-order valence-corrected chi connectivity index (χ3v) is 4.07. The molecule has 1 atom stereocenters. The van der Waals surface area contributed by atoms with Crippen LogP contribution in [0.4, 0.5) is 10.1 Å². The van der Waals surface area contributed by atoms with Gasteiger partial charge in [0.1, 0.15) is 17.9 Å². The van der Waals surface area contributed by atoms with Crippen LogP contribution in [0, 0.1) is 10.7 Å². The number of aromatic nitrogens is 1. The standard InChI is InChI=1S/C15H15FN4O5.ClH/c1-7-6-25-14-11-8(13(21)9(15(22)23)5-19(7)11)4-10(16)12(14)20(18-24)3-2-17;/h4-5,7H,2-3,6,17H2,1H3,(H,22,23);1H/t7-;/m0./s1. The zero-order chi connectivity index (χ0) is 18.3. The summed E-state index contributed by atoms with van der Waals surface area (Å²) in [4.78, 5) is 34.8. The molecule has 1 aliphatic heterocycles. The smallest absolute Gasteiger partial charge is 0.341 e. The highest BCUT2D eigenvalue weighted by Gasteiger charge is 2.30. The average molecular weight is 387 g/mol. The predicted octanol–water partition coefficient (Wildman–Crippen LogP) is 1.66. The highest BCUT2D eigenvalue weighted by Crippen LogP contribution is 2.41. The summed E-state index contributed by atoms with van der Waals surface area (Å²) in [6, 6.07) is 0.606. The quantitative estimate of drug-likeness (QED) is 0.590. The molecule has 0 saturated heterocycles. The van der Waals surface area contributed by atoms with Gasteiger partial charge in [-0.2, -0.15) is 0 Å². The minimum Gasteiger partial charge on any atom is -0.487 e. The molecule has 0 amide bonds. The normalized spacial score (nSPS) is 15.1. The van der Waals surface area contributed by atoms with Crippen LogP contribution in [0.5, 0.6) is 5.75 Å². The summed E-state index contributed by atoms with van der Waals surface area (Å²) in [7, 11) is 0. The van der Waals surface area contributed by atoms with Gasteiger partial charge in [-0.25, -0.2) is 14.2 Å². The van der Waals surface area contributed by atoms with E-state index in [0.717, 1.165) is 11.1 Å². The molecule has 0 bridgehead atoms. The molecule has 1 aromatic carbocycles. The van der Waals surface area contributed by atoms with Gasteiger partial charge in [0.2, 0.25) is 5.43 Å². The molecule has 0 unspecified atom stereocenters. The Balaban J connectivity index is 0.00000243. The second kappa shape index (κ2) is 7.26. The number of hydrogen-bond acceptors (Lipinski definition) is 6. The van der Waals surface area contributed by atoms with Crippen molar-refractivity contribution in [1.29, 1.82) is 0 Å². The molecule has 1 aromatic heterocycles. The summed E-state index contributed by atoms with van der Waals surface area (Å²) in [5.41, 5.74) is 4.12. The zero-order valence-electron chi connectivity index (χ0n) is 13.6. The monoisotopic (exact) mass is 386 g/mol. The van der Waals surface area contributed by atoms with Gasteiger partial charge in [0, 0.05) is 12.7 Å². The van der Waals surface area contributed by atoms with Crippen LogP contribution in [0.3, 0.4) is 0 Å². The van der Waals surface area contributed by atoms with E-state index in [1.165, 1.54) is 10.8 Å². The van der Waals surface area contributed by atoms with Crippen molar-refractivity contribution in [3.05, 3.63) is 38.8 Å². The number of carbonyl (C=O) groups is 1. The van der Waals surface area contributed by atoms with Crippen LogP contribution in [-0.2, 0) is 0 Å². The maximum Gasteiger partial charge on any atom is 0.341 e. The molecular formula is C15H16ClFN4O5. The first kappa shape index (κ1) is 19.6. The number of halogens is 2. The van der Waals surface area contributed by atoms with Crippen molar-refractivity contribution in [3.63, 3.8) is 0 Å². The molecule has 3 rings (SSSR count). The Morgan fingerprint density at radius 3 is 2.85 bits per heavy atom. The van der Waals surface area contributed by atoms with Crippen molar-refractivity contribution < 1.29 is 19.0 Å². The summed E-state index contributed by atoms with van der Waals surface area (Å²) in [5, 5.41) is 12.7. The number of pyridine rings is 1. The van der Waals surface area contributed by atoms with Crippen LogP contribution in [0.1, 0.15) is 23.3 Å². The second-order valence-electron chi connectivity index (χ2n) is 5.67. The largest absolute Gasteiger partial charge is 0.487 e. The van der Waals surface area contributed by atoms with Crippen LogP contribution in [0.25, 0.3) is 10.9 Å². The molecule has 0 aliphatic carbocycles. The summed E-state index contributed by atoms with van der Waals surface area (Å²) in [5.74, 6) is -2.36. The fraction of sp³-hybridized carbons (Fsp3) is 0.333. The summed E-state index contributed by atoms with van der Waals surface area (Å²) in [6.07, 6.45) is 1.20. The molecule has 0 radical (unpaired) electrons. The van der Waals surface area contributed by atoms with Crippen molar-refractivity contribution in [2.75, 3.05) is 24.7 Å². The summed E-state index contributed by atoms with van der Waals surface area (Å²) in [6.45, 7) is 1.87. The van der Waals surface area contributed by atoms with E-state index < -0.39 is 22.8 Å². The van der Waals surface area contributed by atoms with Crippen LogP contribution in [0.2, 0.25) is 0 Å². The number of hydrogen-bond donors (Lipinski definition) is 2. The summed E-state index contributed by atoms with van der Waals surface area (Å²) >= 11 is 0. The van der Waals surface area contributed by atoms with Crippen molar-refractivity contribution >= 4 is 35.0 Å². The number of aromatic carboxylic acids is 1. The number of nitroso groups, excluding NO2 is 1. The van der Waals surface area contributed by atoms with Crippen molar-refractivity contribution in [1.82, 2.24) is 4.57 Å². The lowest BCUT2D eigenvalue weighted by Gasteiger charge is -2.29. The lowest BCUT2D eigenvalue weighted by molar-refractivity contribution is 0.0694. The number of ether oxygens (including phenoxy) is 1. The average Bonchev–Trinajstić information content (AvgIpc) is 2.57. The molecule has 3 N–H and O–H groups in total. The number of nitrogens with zero attached hydrogens (tertiary/aromatic N) is 3. The van der Waals surface area contributed by atoms with Gasteiger partial charge in [-0.1, -0.05) is 0 Å². The molecule has 1 aliphatic rings. The molecule has 0 saturated carbocycles. The van der Waals surface area contributed by atoms with E-state index in [2.05, 4.69) is 5.29 Å². The number of benzene rings is 1. The number of rotatable bonds is 5. The number of carboxylic acids is 1. The third kappa shape index (κ3) is 2.86. The molecule has 2 heterocycles. The molecule has 140 valence electrons. The van der Waals surface area contributed by atoms with Gasteiger partial charge in [-0.15, -0.1) is 17.3 Å². The maximum absolute atomic E-state index is 14.6. The highest BCUT2D eigenvalue weighted by molar-refractivity contribution is 5.97. The Morgan fingerprint density at radius 2 is 2.27 bits per heavy atom. The molecule has 11 heteroatoms. The second-order valence-corrected chi connectivity index (χ2v) is 5.67. The van der Waals surface area contributed by atoms with Crippen LogP contribution < -0.4 is 20.9 Å². The van der Waals surface area contributed by atoms with E-state index in [-0.39, 0.29) is 60.5 Å². The van der Waals surface area contributed by atoms with E-state index in [9.17, 15) is 24.0 Å². The fourth-order valence-corrected chi connectivity index (χ4v) is 2.92. The van der Waals surface area contributed by atoms with E-state index in [1.54, 1.807) is 6.92 Å². The maximum atomic E-state index is 14.6. The zero-order valence-corrected chi connectivity index (χ0v) is 14.5. The van der Waals surface area contributed by atoms with E-state index >= 15 is 0 Å². The lowest BCUT2D eigenvalue weighted by atomic mass is 10.1. The van der Waals surface area contributed by atoms with E-state index in [4.69, 9.17) is 10.5 Å². The van der Waals surface area contributed by atoms with Gasteiger partial charge in [0.25, 0.3) is 0 Å². The molecule has 0 fully saturated rings. The first-order chi connectivity index (χ1) is 11.9. The topological polar surface area (TPSA) is 127 Å². The Bertz CT molecular complexity index is 948. The van der Waals surface area contributed by atoms with Crippen molar-refractivity contribution in [3.8, 4) is 5.75 Å². The molecule has 2 aromatic rings. The van der Waals surface area contributed by atoms with Gasteiger partial charge in [-0.3, -0.25) is 4.79 Å². The van der Waals surface area contributed by atoms with Crippen LogP contribution in [-0.4, -0.2) is 35.3 Å². The van der Waals surface area contributed by atoms with Gasteiger partial charge < -0.3 is 20.1 Å². The minimum absolute atomic E-state index is 0. The molecular weight excluding hydrogens is 371 g/mol. The minimum atomic E-state index is -1.40. The van der Waals surface area contributed by atoms with Gasteiger partial charge >= 0.3 is 5.97 Å². The van der Waals surface area contributed by atoms with Gasteiger partial charge in [0.05, 0.1) is 28.8 Å². The predicted molar refractivity (Wildman–Crippen MR) is 94.8 cm³/mol. The van der Waals surface area contributed by atoms with Gasteiger partial charge in [0.15, 0.2) is 11.6 Å². The highest BCUT2D eigenvalue weighted by atomic mass is 35.5. The number of anilines is 1. The Labute approximate surface area is 152 Å². The first-order valence-electron chi connectivity index (χ1n) is 7.49. The van der Waals surface area contributed by atoms with Crippen LogP contribution in [0.15, 0.2) is 22.3 Å². The summed E-state index contributed by atoms with van der Waals surface area (Å²) < 4.78 is 21.7. The fourth-order valence-electron chi connectivity index (χ4n) is 2.92. The number of carboxylic acid groups (broad SMARTS) is 1. The Hall–Kier alpha value is -2.72. The van der Waals surface area contributed by atoms with E-state index in [0.29, 0.717) is 0 Å². The third-order valence-electron chi connectivity index (χ3n) is 4.07. The number of nitrogens with two attached hydrogens (primary N) is 1. The van der Waals surface area contributed by atoms with Crippen molar-refractivity contribution in [2.24, 2.45) is 11.0 Å². The lowest BCUT2D eigenvalue weighted by Crippen LogP contribution is -2.30. The Morgan fingerprint density at radius 1 is 1.58 bits per heavy atom. The first-order valence-corrected chi connectivity index (χ1v) is 7.49. The molecule has 9 nitrogen and oxygen atoms in total. The van der Waals surface area contributed by atoms with Crippen molar-refractivity contribution in [2.45, 2.75) is 13.0 Å².